The van der Waals surface area contributed by atoms with Crippen molar-refractivity contribution in [3.05, 3.63) is 69.0 Å². The molecule has 2 bridgehead atoms. The first-order valence-corrected chi connectivity index (χ1v) is 8.65. The number of hydrogen-bond acceptors (Lipinski definition) is 5. The second-order valence-corrected chi connectivity index (χ2v) is 7.18. The molecule has 5 nitrogen and oxygen atoms in total. The third-order valence-corrected chi connectivity index (χ3v) is 5.40. The predicted octanol–water partition coefficient (Wildman–Crippen LogP) is 3.45. The molecule has 2 aromatic carbocycles. The Balaban J connectivity index is 1.69. The largest absolute Gasteiger partial charge is 0.305 e. The Morgan fingerprint density at radius 3 is 2.75 bits per heavy atom. The van der Waals surface area contributed by atoms with Crippen molar-refractivity contribution in [1.82, 2.24) is 16.2 Å². The summed E-state index contributed by atoms with van der Waals surface area (Å²) in [7, 11) is 0. The summed E-state index contributed by atoms with van der Waals surface area (Å²) >= 11 is 7.75. The van der Waals surface area contributed by atoms with Crippen LogP contribution in [-0.2, 0) is 0 Å². The van der Waals surface area contributed by atoms with Gasteiger partial charge in [-0.25, -0.2) is 0 Å². The Kier molecular flexibility index (Phi) is 3.58. The molecule has 0 spiro atoms. The van der Waals surface area contributed by atoms with E-state index in [2.05, 4.69) is 48.2 Å². The van der Waals surface area contributed by atoms with E-state index in [1.807, 2.05) is 12.1 Å². The van der Waals surface area contributed by atoms with E-state index < -0.39 is 0 Å². The zero-order chi connectivity index (χ0) is 16.8. The lowest BCUT2D eigenvalue weighted by atomic mass is 10.1. The summed E-state index contributed by atoms with van der Waals surface area (Å²) in [5.74, 6) is 0.401. The predicted molar refractivity (Wildman–Crippen MR) is 96.5 cm³/mol. The van der Waals surface area contributed by atoms with Crippen molar-refractivity contribution in [2.24, 2.45) is 0 Å². The van der Waals surface area contributed by atoms with Gasteiger partial charge < -0.3 is 5.32 Å². The quantitative estimate of drug-likeness (QED) is 0.767. The Labute approximate surface area is 149 Å². The number of nitrogens with one attached hydrogen (secondary N) is 3. The minimum Gasteiger partial charge on any atom is -0.305 e. The molecule has 0 fully saturated rings. The van der Waals surface area contributed by atoms with Crippen LogP contribution in [0.1, 0.15) is 21.5 Å². The molecule has 0 unspecified atom stereocenters. The lowest BCUT2D eigenvalue weighted by molar-refractivity contribution is 0.0966. The Morgan fingerprint density at radius 1 is 1.12 bits per heavy atom. The van der Waals surface area contributed by atoms with Crippen molar-refractivity contribution in [2.45, 2.75) is 18.7 Å². The number of rotatable bonds is 2. The van der Waals surface area contributed by atoms with E-state index in [0.29, 0.717) is 22.1 Å². The van der Waals surface area contributed by atoms with Gasteiger partial charge >= 0.3 is 0 Å². The SMILES string of the molecule is Cc1ccc(SC2=C3NC(=O)c4c(Cl)cccc4N(N3)N2)c(C)c1. The lowest BCUT2D eigenvalue weighted by Crippen LogP contribution is -2.40. The minimum atomic E-state index is -0.221. The molecule has 0 aliphatic carbocycles. The summed E-state index contributed by atoms with van der Waals surface area (Å²) < 4.78 is 0. The molecule has 2 heterocycles. The van der Waals surface area contributed by atoms with Gasteiger partial charge in [0.15, 0.2) is 5.82 Å². The summed E-state index contributed by atoms with van der Waals surface area (Å²) in [5, 5.41) is 5.85. The number of hydrogen-bond donors (Lipinski definition) is 3. The molecule has 0 radical (unpaired) electrons. The summed E-state index contributed by atoms with van der Waals surface area (Å²) in [6.45, 7) is 4.15. The Morgan fingerprint density at radius 2 is 1.96 bits per heavy atom. The van der Waals surface area contributed by atoms with Gasteiger partial charge in [0.05, 0.1) is 16.3 Å². The zero-order valence-corrected chi connectivity index (χ0v) is 14.7. The molecule has 4 rings (SSSR count). The van der Waals surface area contributed by atoms with Crippen LogP contribution in [0.15, 0.2) is 52.1 Å². The van der Waals surface area contributed by atoms with Gasteiger partial charge in [-0.15, -0.1) is 0 Å². The molecule has 24 heavy (non-hydrogen) atoms. The lowest BCUT2D eigenvalue weighted by Gasteiger charge is -2.21. The number of carbonyl (C=O) groups excluding carboxylic acids is 1. The van der Waals surface area contributed by atoms with E-state index in [0.717, 1.165) is 9.92 Å². The minimum absolute atomic E-state index is 0.221. The van der Waals surface area contributed by atoms with Crippen molar-refractivity contribution in [2.75, 3.05) is 5.12 Å². The van der Waals surface area contributed by atoms with E-state index in [1.165, 1.54) is 11.1 Å². The highest BCUT2D eigenvalue weighted by molar-refractivity contribution is 8.03. The van der Waals surface area contributed by atoms with Crippen LogP contribution in [0.5, 0.6) is 0 Å². The molecule has 2 aromatic rings. The number of fused-ring (bicyclic) bond motifs is 4. The van der Waals surface area contributed by atoms with Gasteiger partial charge in [-0.1, -0.05) is 47.1 Å². The van der Waals surface area contributed by atoms with Crippen LogP contribution in [-0.4, -0.2) is 5.91 Å². The highest BCUT2D eigenvalue weighted by atomic mass is 35.5. The second kappa shape index (κ2) is 5.65. The fourth-order valence-corrected chi connectivity index (χ4v) is 3.92. The number of amides is 1. The van der Waals surface area contributed by atoms with Gasteiger partial charge in [0.2, 0.25) is 0 Å². The maximum absolute atomic E-state index is 12.5. The first kappa shape index (κ1) is 15.2. The maximum Gasteiger partial charge on any atom is 0.260 e. The van der Waals surface area contributed by atoms with Gasteiger partial charge in [0.1, 0.15) is 5.03 Å². The van der Waals surface area contributed by atoms with Crippen LogP contribution in [0, 0.1) is 13.8 Å². The van der Waals surface area contributed by atoms with Crippen LogP contribution < -0.4 is 21.3 Å². The van der Waals surface area contributed by atoms with Crippen molar-refractivity contribution >= 4 is 35.0 Å². The van der Waals surface area contributed by atoms with Crippen LogP contribution in [0.3, 0.4) is 0 Å². The average Bonchev–Trinajstić information content (AvgIpc) is 2.85. The molecule has 0 aromatic heterocycles. The molecule has 2 aliphatic heterocycles. The van der Waals surface area contributed by atoms with E-state index in [9.17, 15) is 4.79 Å². The summed E-state index contributed by atoms with van der Waals surface area (Å²) in [6, 6.07) is 11.7. The fraction of sp³-hybridized carbons (Fsp3) is 0.118. The van der Waals surface area contributed by atoms with Crippen molar-refractivity contribution < 1.29 is 4.79 Å². The van der Waals surface area contributed by atoms with Crippen LogP contribution in [0.25, 0.3) is 0 Å². The maximum atomic E-state index is 12.5. The van der Waals surface area contributed by atoms with Crippen LogP contribution in [0.2, 0.25) is 5.02 Å². The number of hydrazine groups is 2. The van der Waals surface area contributed by atoms with Crippen LogP contribution >= 0.6 is 23.4 Å². The van der Waals surface area contributed by atoms with Crippen molar-refractivity contribution in [3.63, 3.8) is 0 Å². The van der Waals surface area contributed by atoms with E-state index in [4.69, 9.17) is 11.6 Å². The molecule has 3 N–H and O–H groups in total. The first-order valence-electron chi connectivity index (χ1n) is 7.45. The molecule has 0 atom stereocenters. The number of carbonyl (C=O) groups is 1. The third-order valence-electron chi connectivity index (χ3n) is 3.90. The van der Waals surface area contributed by atoms with Gasteiger partial charge in [-0.05, 0) is 37.6 Å². The van der Waals surface area contributed by atoms with E-state index >= 15 is 0 Å². The van der Waals surface area contributed by atoms with Gasteiger partial charge in [0, 0.05) is 4.90 Å². The first-order chi connectivity index (χ1) is 11.5. The molecule has 122 valence electrons. The molecule has 0 saturated carbocycles. The number of benzene rings is 2. The summed E-state index contributed by atoms with van der Waals surface area (Å²) in [6.07, 6.45) is 0. The zero-order valence-electron chi connectivity index (χ0n) is 13.1. The molecular formula is C17H15ClN4OS. The number of thioether (sulfide) groups is 1. The summed E-state index contributed by atoms with van der Waals surface area (Å²) in [5.41, 5.74) is 9.99. The Bertz CT molecular complexity index is 896. The smallest absolute Gasteiger partial charge is 0.260 e. The molecular weight excluding hydrogens is 344 g/mol. The van der Waals surface area contributed by atoms with Gasteiger partial charge in [-0.3, -0.25) is 15.6 Å². The van der Waals surface area contributed by atoms with Crippen molar-refractivity contribution in [1.29, 1.82) is 0 Å². The average molecular weight is 359 g/mol. The highest BCUT2D eigenvalue weighted by Gasteiger charge is 2.32. The highest BCUT2D eigenvalue weighted by Crippen LogP contribution is 2.36. The van der Waals surface area contributed by atoms with Crippen LogP contribution in [0.4, 0.5) is 5.69 Å². The van der Waals surface area contributed by atoms with E-state index in [1.54, 1.807) is 22.9 Å². The monoisotopic (exact) mass is 358 g/mol. The normalized spacial score (nSPS) is 15.5. The third kappa shape index (κ3) is 2.48. The molecule has 0 saturated heterocycles. The number of halogens is 1. The fourth-order valence-electron chi connectivity index (χ4n) is 2.75. The van der Waals surface area contributed by atoms with Gasteiger partial charge in [-0.2, -0.15) is 5.12 Å². The summed E-state index contributed by atoms with van der Waals surface area (Å²) in [4.78, 5) is 13.6. The van der Waals surface area contributed by atoms with Crippen molar-refractivity contribution in [3.8, 4) is 0 Å². The number of nitrogens with zero attached hydrogens (tertiary/aromatic N) is 1. The molecule has 7 heteroatoms. The standard InChI is InChI=1S/C17H15ClN4OS/c1-9-6-7-13(10(2)8-9)24-17-15-19-16(23)14-11(18)4-3-5-12(14)22(20-15)21-17/h3-8,20-21H,1-2H3,(H,19,23). The van der Waals surface area contributed by atoms with Gasteiger partial charge in [0.25, 0.3) is 5.91 Å². The molecule has 2 aliphatic rings. The second-order valence-electron chi connectivity index (χ2n) is 5.72. The topological polar surface area (TPSA) is 56.4 Å². The number of anilines is 1. The van der Waals surface area contributed by atoms with E-state index in [-0.39, 0.29) is 5.91 Å². The number of aryl methyl sites for hydroxylation is 2. The Hall–Kier alpha value is -2.31. The molecule has 1 amide bonds.